The maximum Gasteiger partial charge on any atom is 0.311 e. The Bertz CT molecular complexity index is 612. The smallest absolute Gasteiger partial charge is 0.311 e. The van der Waals surface area contributed by atoms with Gasteiger partial charge in [0.15, 0.2) is 0 Å². The number of carbonyl (C=O) groups is 4. The topological polar surface area (TPSA) is 139 Å². The molecule has 0 atom stereocenters. The molecule has 0 aliphatic heterocycles. The minimum absolute atomic E-state index is 0.00670. The van der Waals surface area contributed by atoms with Crippen molar-refractivity contribution >= 4 is 23.5 Å². The molecule has 8 nitrogen and oxygen atoms in total. The molecule has 0 aliphatic rings. The molecule has 0 bridgehead atoms. The van der Waals surface area contributed by atoms with Gasteiger partial charge in [-0.1, -0.05) is 12.1 Å². The van der Waals surface area contributed by atoms with Crippen LogP contribution in [0.4, 0.5) is 0 Å². The molecule has 0 spiro atoms. The first kappa shape index (κ1) is 20.5. The van der Waals surface area contributed by atoms with Crippen molar-refractivity contribution in [3.05, 3.63) is 29.8 Å². The van der Waals surface area contributed by atoms with Gasteiger partial charge in [-0.2, -0.15) is 0 Å². The van der Waals surface area contributed by atoms with Crippen LogP contribution in [0.15, 0.2) is 24.3 Å². The lowest BCUT2D eigenvalue weighted by molar-refractivity contribution is -0.146. The number of ether oxygens (including phenoxy) is 2. The highest BCUT2D eigenvalue weighted by molar-refractivity contribution is 5.85. The monoisotopic (exact) mass is 350 g/mol. The van der Waals surface area contributed by atoms with E-state index in [0.29, 0.717) is 11.3 Å². The number of rotatable bonds is 11. The molecule has 4 N–H and O–H groups in total. The molecule has 8 heteroatoms. The third-order valence-corrected chi connectivity index (χ3v) is 3.23. The van der Waals surface area contributed by atoms with Crippen LogP contribution in [0.5, 0.6) is 5.75 Å². The van der Waals surface area contributed by atoms with E-state index in [4.69, 9.17) is 20.9 Å². The zero-order chi connectivity index (χ0) is 18.7. The van der Waals surface area contributed by atoms with Crippen LogP contribution in [0.3, 0.4) is 0 Å². The van der Waals surface area contributed by atoms with E-state index < -0.39 is 11.9 Å². The predicted octanol–water partition coefficient (Wildman–Crippen LogP) is 0.251. The quantitative estimate of drug-likeness (QED) is 0.428. The van der Waals surface area contributed by atoms with Crippen LogP contribution in [-0.2, 0) is 30.5 Å². The highest BCUT2D eigenvalue weighted by atomic mass is 16.5. The van der Waals surface area contributed by atoms with Gasteiger partial charge in [-0.05, 0) is 17.7 Å². The summed E-state index contributed by atoms with van der Waals surface area (Å²) in [4.78, 5) is 45.1. The van der Waals surface area contributed by atoms with Gasteiger partial charge in [0, 0.05) is 12.8 Å². The number of hydrogen-bond donors (Lipinski definition) is 2. The number of ketones is 2. The Labute approximate surface area is 145 Å². The predicted molar refractivity (Wildman–Crippen MR) is 88.5 cm³/mol. The fourth-order valence-electron chi connectivity index (χ4n) is 1.76. The van der Waals surface area contributed by atoms with E-state index >= 15 is 0 Å². The van der Waals surface area contributed by atoms with Gasteiger partial charge >= 0.3 is 11.9 Å². The molecule has 0 unspecified atom stereocenters. The molecule has 0 radical (unpaired) electrons. The van der Waals surface area contributed by atoms with Gasteiger partial charge in [-0.25, -0.2) is 0 Å². The highest BCUT2D eigenvalue weighted by Crippen LogP contribution is 2.14. The molecule has 25 heavy (non-hydrogen) atoms. The molecule has 0 saturated carbocycles. The number of hydrogen-bond acceptors (Lipinski definition) is 8. The van der Waals surface area contributed by atoms with Crippen LogP contribution < -0.4 is 16.2 Å². The maximum atomic E-state index is 11.6. The standard InChI is InChI=1S/C17H22N2O6/c18-9-13(20)3-7-16(22)24-11-12-1-5-15(6-2-12)25-17(23)8-4-14(21)10-19/h1-2,5-6H,3-4,7-11,18-19H2. The van der Waals surface area contributed by atoms with E-state index in [1.807, 2.05) is 0 Å². The second kappa shape index (κ2) is 11.1. The fraction of sp³-hybridized carbons (Fsp3) is 0.412. The first-order chi connectivity index (χ1) is 11.9. The minimum Gasteiger partial charge on any atom is -0.461 e. The summed E-state index contributed by atoms with van der Waals surface area (Å²) in [6, 6.07) is 6.41. The van der Waals surface area contributed by atoms with Crippen molar-refractivity contribution in [2.75, 3.05) is 13.1 Å². The second-order valence-corrected chi connectivity index (χ2v) is 5.26. The Morgan fingerprint density at radius 2 is 1.28 bits per heavy atom. The lowest BCUT2D eigenvalue weighted by Crippen LogP contribution is -2.16. The third kappa shape index (κ3) is 8.73. The van der Waals surface area contributed by atoms with E-state index in [0.717, 1.165) is 0 Å². The van der Waals surface area contributed by atoms with E-state index in [9.17, 15) is 19.2 Å². The molecular weight excluding hydrogens is 328 g/mol. The van der Waals surface area contributed by atoms with Gasteiger partial charge < -0.3 is 20.9 Å². The molecule has 0 aliphatic carbocycles. The van der Waals surface area contributed by atoms with Crippen molar-refractivity contribution in [1.82, 2.24) is 0 Å². The van der Waals surface area contributed by atoms with Gasteiger partial charge in [0.2, 0.25) is 0 Å². The molecule has 1 rings (SSSR count). The van der Waals surface area contributed by atoms with Crippen LogP contribution in [0.1, 0.15) is 31.2 Å². The highest BCUT2D eigenvalue weighted by Gasteiger charge is 2.09. The largest absolute Gasteiger partial charge is 0.461 e. The summed E-state index contributed by atoms with van der Waals surface area (Å²) in [5.74, 6) is -1.08. The summed E-state index contributed by atoms with van der Waals surface area (Å²) in [7, 11) is 0. The summed E-state index contributed by atoms with van der Waals surface area (Å²) in [5.41, 5.74) is 11.0. The van der Waals surface area contributed by atoms with Crippen LogP contribution in [0.2, 0.25) is 0 Å². The van der Waals surface area contributed by atoms with E-state index in [2.05, 4.69) is 0 Å². The summed E-state index contributed by atoms with van der Waals surface area (Å²) < 4.78 is 10.1. The van der Waals surface area contributed by atoms with Gasteiger partial charge in [-0.3, -0.25) is 19.2 Å². The fourth-order valence-corrected chi connectivity index (χ4v) is 1.76. The normalized spacial score (nSPS) is 10.2. The summed E-state index contributed by atoms with van der Waals surface area (Å²) in [6.45, 7) is -0.135. The first-order valence-corrected chi connectivity index (χ1v) is 7.83. The Morgan fingerprint density at radius 3 is 1.80 bits per heavy atom. The molecular formula is C17H22N2O6. The van der Waals surface area contributed by atoms with Crippen molar-refractivity contribution < 1.29 is 28.7 Å². The van der Waals surface area contributed by atoms with Crippen LogP contribution >= 0.6 is 0 Å². The molecule has 136 valence electrons. The second-order valence-electron chi connectivity index (χ2n) is 5.26. The third-order valence-electron chi connectivity index (χ3n) is 3.23. The van der Waals surface area contributed by atoms with E-state index in [-0.39, 0.29) is 56.9 Å². The van der Waals surface area contributed by atoms with E-state index in [1.54, 1.807) is 24.3 Å². The lowest BCUT2D eigenvalue weighted by Gasteiger charge is -2.07. The van der Waals surface area contributed by atoms with Gasteiger partial charge in [0.25, 0.3) is 0 Å². The summed E-state index contributed by atoms with van der Waals surface area (Å²) in [5, 5.41) is 0. The van der Waals surface area contributed by atoms with Crippen LogP contribution in [0.25, 0.3) is 0 Å². The molecule has 0 aromatic heterocycles. The average Bonchev–Trinajstić information content (AvgIpc) is 2.63. The van der Waals surface area contributed by atoms with E-state index in [1.165, 1.54) is 0 Å². The summed E-state index contributed by atoms with van der Waals surface area (Å²) >= 11 is 0. The molecule has 1 aromatic carbocycles. The average molecular weight is 350 g/mol. The SMILES string of the molecule is NCC(=O)CCC(=O)OCc1ccc(OC(=O)CCC(=O)CN)cc1. The molecule has 0 fully saturated rings. The van der Waals surface area contributed by atoms with Crippen molar-refractivity contribution in [2.24, 2.45) is 11.5 Å². The van der Waals surface area contributed by atoms with Crippen LogP contribution in [-0.4, -0.2) is 36.6 Å². The Balaban J connectivity index is 2.35. The van der Waals surface area contributed by atoms with Crippen molar-refractivity contribution in [1.29, 1.82) is 0 Å². The molecule has 0 amide bonds. The molecule has 1 aromatic rings. The van der Waals surface area contributed by atoms with Crippen molar-refractivity contribution in [3.8, 4) is 5.75 Å². The van der Waals surface area contributed by atoms with Crippen molar-refractivity contribution in [3.63, 3.8) is 0 Å². The zero-order valence-electron chi connectivity index (χ0n) is 13.9. The Kier molecular flexibility index (Phi) is 9.05. The van der Waals surface area contributed by atoms with Gasteiger partial charge in [-0.15, -0.1) is 0 Å². The number of nitrogens with two attached hydrogens (primary N) is 2. The Hall–Kier alpha value is -2.58. The zero-order valence-corrected chi connectivity index (χ0v) is 13.9. The summed E-state index contributed by atoms with van der Waals surface area (Å²) in [6.07, 6.45) is 0.0804. The first-order valence-electron chi connectivity index (χ1n) is 7.83. The Morgan fingerprint density at radius 1 is 0.760 bits per heavy atom. The van der Waals surface area contributed by atoms with Gasteiger partial charge in [0.1, 0.15) is 23.9 Å². The molecule has 0 heterocycles. The minimum atomic E-state index is -0.523. The van der Waals surface area contributed by atoms with Crippen LogP contribution in [0, 0.1) is 0 Å². The lowest BCUT2D eigenvalue weighted by atomic mass is 10.2. The molecule has 0 saturated heterocycles. The van der Waals surface area contributed by atoms with Crippen molar-refractivity contribution in [2.45, 2.75) is 32.3 Å². The number of carbonyl (C=O) groups excluding carboxylic acids is 4. The number of benzene rings is 1. The maximum absolute atomic E-state index is 11.6. The van der Waals surface area contributed by atoms with Gasteiger partial charge in [0.05, 0.1) is 25.9 Å². The number of esters is 2. The number of Topliss-reactive ketones (excluding diaryl/α,β-unsaturated/α-hetero) is 2.